The second-order valence-corrected chi connectivity index (χ2v) is 5.82. The van der Waals surface area contributed by atoms with Crippen LogP contribution in [0, 0.1) is 6.92 Å². The summed E-state index contributed by atoms with van der Waals surface area (Å²) in [7, 11) is 1.85. The number of hydrogen-bond donors (Lipinski definition) is 0. The van der Waals surface area contributed by atoms with Crippen LogP contribution >= 0.6 is 0 Å². The highest BCUT2D eigenvalue weighted by molar-refractivity contribution is 5.95. The first kappa shape index (κ1) is 14.8. The molecule has 0 spiro atoms. The zero-order valence-corrected chi connectivity index (χ0v) is 13.2. The molecule has 1 aromatic carbocycles. The molecule has 3 rings (SSSR count). The van der Waals surface area contributed by atoms with Gasteiger partial charge in [0.1, 0.15) is 6.10 Å². The third kappa shape index (κ3) is 2.76. The number of carbonyl (C=O) groups is 1. The average Bonchev–Trinajstić information content (AvgIpc) is 2.86. The number of amides is 1. The van der Waals surface area contributed by atoms with Crippen molar-refractivity contribution < 1.29 is 9.53 Å². The predicted molar refractivity (Wildman–Crippen MR) is 83.6 cm³/mol. The van der Waals surface area contributed by atoms with E-state index in [-0.39, 0.29) is 18.1 Å². The van der Waals surface area contributed by atoms with Crippen LogP contribution in [0.1, 0.15) is 34.6 Å². The summed E-state index contributed by atoms with van der Waals surface area (Å²) in [4.78, 5) is 14.6. The SMILES string of the molecule is Cc1c(C(=O)N2C[C@@H](c3ccccc3)O[C@@H](C)C2)cnn1C. The van der Waals surface area contributed by atoms with Gasteiger partial charge in [-0.3, -0.25) is 9.48 Å². The molecule has 1 aliphatic heterocycles. The Morgan fingerprint density at radius 3 is 2.64 bits per heavy atom. The molecule has 1 amide bonds. The van der Waals surface area contributed by atoms with Crippen LogP contribution in [0.4, 0.5) is 0 Å². The number of ether oxygens (including phenoxy) is 1. The van der Waals surface area contributed by atoms with Crippen LogP contribution in [0.5, 0.6) is 0 Å². The minimum Gasteiger partial charge on any atom is -0.367 e. The van der Waals surface area contributed by atoms with Crippen molar-refractivity contribution >= 4 is 5.91 Å². The van der Waals surface area contributed by atoms with Gasteiger partial charge in [0.2, 0.25) is 0 Å². The molecule has 0 unspecified atom stereocenters. The predicted octanol–water partition coefficient (Wildman–Crippen LogP) is 2.33. The third-order valence-corrected chi connectivity index (χ3v) is 4.18. The molecule has 0 bridgehead atoms. The fourth-order valence-electron chi connectivity index (χ4n) is 2.85. The number of rotatable bonds is 2. The van der Waals surface area contributed by atoms with Crippen molar-refractivity contribution in [1.29, 1.82) is 0 Å². The Morgan fingerprint density at radius 2 is 2.00 bits per heavy atom. The molecule has 22 heavy (non-hydrogen) atoms. The lowest BCUT2D eigenvalue weighted by atomic mass is 10.1. The zero-order chi connectivity index (χ0) is 15.7. The van der Waals surface area contributed by atoms with E-state index in [0.29, 0.717) is 18.7 Å². The van der Waals surface area contributed by atoms with E-state index < -0.39 is 0 Å². The lowest BCUT2D eigenvalue weighted by Crippen LogP contribution is -2.46. The van der Waals surface area contributed by atoms with Crippen LogP contribution in [0.15, 0.2) is 36.5 Å². The fourth-order valence-corrected chi connectivity index (χ4v) is 2.85. The van der Waals surface area contributed by atoms with Crippen LogP contribution < -0.4 is 0 Å². The van der Waals surface area contributed by atoms with E-state index in [1.54, 1.807) is 10.9 Å². The van der Waals surface area contributed by atoms with Gasteiger partial charge in [0.15, 0.2) is 0 Å². The molecule has 116 valence electrons. The van der Waals surface area contributed by atoms with Gasteiger partial charge in [-0.1, -0.05) is 30.3 Å². The highest BCUT2D eigenvalue weighted by Gasteiger charge is 2.31. The molecule has 1 fully saturated rings. The van der Waals surface area contributed by atoms with E-state index in [9.17, 15) is 4.79 Å². The van der Waals surface area contributed by atoms with Crippen molar-refractivity contribution in [2.45, 2.75) is 26.1 Å². The summed E-state index contributed by atoms with van der Waals surface area (Å²) in [6.45, 7) is 5.10. The number of aryl methyl sites for hydroxylation is 1. The van der Waals surface area contributed by atoms with E-state index in [4.69, 9.17) is 4.74 Å². The Bertz CT molecular complexity index is 666. The van der Waals surface area contributed by atoms with Crippen molar-refractivity contribution in [2.24, 2.45) is 7.05 Å². The van der Waals surface area contributed by atoms with E-state index in [1.807, 2.05) is 56.1 Å². The minimum atomic E-state index is -0.0779. The molecule has 2 aromatic rings. The van der Waals surface area contributed by atoms with Gasteiger partial charge in [0, 0.05) is 19.3 Å². The standard InChI is InChI=1S/C17H21N3O2/c1-12-10-20(17(21)15-9-18-19(3)13(15)2)11-16(22-12)14-7-5-4-6-8-14/h4-9,12,16H,10-11H2,1-3H3/t12-,16-/m0/s1. The minimum absolute atomic E-state index is 0.0138. The van der Waals surface area contributed by atoms with Crippen LogP contribution in [0.3, 0.4) is 0 Å². The lowest BCUT2D eigenvalue weighted by molar-refractivity contribution is -0.0691. The quantitative estimate of drug-likeness (QED) is 0.855. The maximum atomic E-state index is 12.8. The Hall–Kier alpha value is -2.14. The van der Waals surface area contributed by atoms with Crippen LogP contribution in [0.2, 0.25) is 0 Å². The molecule has 0 N–H and O–H groups in total. The first-order valence-electron chi connectivity index (χ1n) is 7.54. The molecule has 2 atom stereocenters. The molecule has 5 heteroatoms. The second-order valence-electron chi connectivity index (χ2n) is 5.82. The summed E-state index contributed by atoms with van der Waals surface area (Å²) >= 11 is 0. The summed E-state index contributed by atoms with van der Waals surface area (Å²) in [6, 6.07) is 10.1. The van der Waals surface area contributed by atoms with Gasteiger partial charge in [-0.25, -0.2) is 0 Å². The second kappa shape index (κ2) is 5.93. The Labute approximate surface area is 130 Å². The van der Waals surface area contributed by atoms with Gasteiger partial charge in [0.05, 0.1) is 24.4 Å². The number of benzene rings is 1. The van der Waals surface area contributed by atoms with E-state index >= 15 is 0 Å². The maximum absolute atomic E-state index is 12.8. The fraction of sp³-hybridized carbons (Fsp3) is 0.412. The Morgan fingerprint density at radius 1 is 1.27 bits per heavy atom. The molecule has 1 aromatic heterocycles. The van der Waals surface area contributed by atoms with Crippen molar-refractivity contribution in [2.75, 3.05) is 13.1 Å². The molecule has 0 saturated carbocycles. The number of nitrogens with zero attached hydrogens (tertiary/aromatic N) is 3. The van der Waals surface area contributed by atoms with Crippen LogP contribution in [-0.4, -0.2) is 39.8 Å². The molecule has 5 nitrogen and oxygen atoms in total. The highest BCUT2D eigenvalue weighted by atomic mass is 16.5. The zero-order valence-electron chi connectivity index (χ0n) is 13.2. The number of aromatic nitrogens is 2. The molecular formula is C17H21N3O2. The topological polar surface area (TPSA) is 47.4 Å². The van der Waals surface area contributed by atoms with E-state index in [1.165, 1.54) is 0 Å². The maximum Gasteiger partial charge on any atom is 0.257 e. The summed E-state index contributed by atoms with van der Waals surface area (Å²) in [5.74, 6) is 0.0293. The Balaban J connectivity index is 1.82. The van der Waals surface area contributed by atoms with Crippen molar-refractivity contribution in [3.63, 3.8) is 0 Å². The van der Waals surface area contributed by atoms with Gasteiger partial charge in [0.25, 0.3) is 5.91 Å². The first-order valence-corrected chi connectivity index (χ1v) is 7.54. The Kier molecular flexibility index (Phi) is 3.98. The van der Waals surface area contributed by atoms with Gasteiger partial charge in [-0.05, 0) is 19.4 Å². The normalized spacial score (nSPS) is 21.9. The molecule has 1 aliphatic rings. The number of carbonyl (C=O) groups excluding carboxylic acids is 1. The van der Waals surface area contributed by atoms with E-state index in [0.717, 1.165) is 11.3 Å². The van der Waals surface area contributed by atoms with Crippen LogP contribution in [-0.2, 0) is 11.8 Å². The number of hydrogen-bond acceptors (Lipinski definition) is 3. The molecular weight excluding hydrogens is 278 g/mol. The molecule has 0 aliphatic carbocycles. The van der Waals surface area contributed by atoms with Crippen molar-refractivity contribution in [3.8, 4) is 0 Å². The molecule has 0 radical (unpaired) electrons. The summed E-state index contributed by atoms with van der Waals surface area (Å²) < 4.78 is 7.74. The van der Waals surface area contributed by atoms with Gasteiger partial charge >= 0.3 is 0 Å². The van der Waals surface area contributed by atoms with Crippen LogP contribution in [0.25, 0.3) is 0 Å². The lowest BCUT2D eigenvalue weighted by Gasteiger charge is -2.37. The van der Waals surface area contributed by atoms with Gasteiger partial charge in [-0.2, -0.15) is 5.10 Å². The van der Waals surface area contributed by atoms with E-state index in [2.05, 4.69) is 5.10 Å². The third-order valence-electron chi connectivity index (χ3n) is 4.18. The summed E-state index contributed by atoms with van der Waals surface area (Å²) in [5.41, 5.74) is 2.67. The van der Waals surface area contributed by atoms with Gasteiger partial charge in [-0.15, -0.1) is 0 Å². The monoisotopic (exact) mass is 299 g/mol. The largest absolute Gasteiger partial charge is 0.367 e. The van der Waals surface area contributed by atoms with Crippen molar-refractivity contribution in [3.05, 3.63) is 53.3 Å². The summed E-state index contributed by atoms with van der Waals surface area (Å²) in [5, 5.41) is 4.17. The average molecular weight is 299 g/mol. The first-order chi connectivity index (χ1) is 10.6. The van der Waals surface area contributed by atoms with Crippen molar-refractivity contribution in [1.82, 2.24) is 14.7 Å². The molecule has 2 heterocycles. The highest BCUT2D eigenvalue weighted by Crippen LogP contribution is 2.26. The smallest absolute Gasteiger partial charge is 0.257 e. The number of morpholine rings is 1. The summed E-state index contributed by atoms with van der Waals surface area (Å²) in [6.07, 6.45) is 1.58. The van der Waals surface area contributed by atoms with Gasteiger partial charge < -0.3 is 9.64 Å². The molecule has 1 saturated heterocycles.